The summed E-state index contributed by atoms with van der Waals surface area (Å²) in [5, 5.41) is 4.17. The zero-order valence-electron chi connectivity index (χ0n) is 37.9. The maximum Gasteiger partial charge on any atom is 0.177 e. The quantitative estimate of drug-likeness (QED) is 0.155. The van der Waals surface area contributed by atoms with E-state index in [1.54, 1.807) is 0 Å². The molecule has 0 aliphatic rings. The minimum atomic E-state index is 0. The molecule has 0 saturated carbocycles. The van der Waals surface area contributed by atoms with Crippen LogP contribution < -0.4 is 0 Å². The van der Waals surface area contributed by atoms with Crippen LogP contribution in [-0.4, -0.2) is 19.5 Å². The molecule has 6 nitrogen and oxygen atoms in total. The molecule has 1 radical (unpaired) electrons. The summed E-state index contributed by atoms with van der Waals surface area (Å²) >= 11 is 0. The molecule has 0 atom stereocenters. The van der Waals surface area contributed by atoms with Gasteiger partial charge in [-0.15, -0.1) is 54.1 Å². The molecule has 0 unspecified atom stereocenters. The first-order chi connectivity index (χ1) is 31.0. The molecule has 0 saturated heterocycles. The summed E-state index contributed by atoms with van der Waals surface area (Å²) in [6, 6.07) is 54.8. The van der Waals surface area contributed by atoms with Crippen molar-refractivity contribution in [3.8, 4) is 39.6 Å². The zero-order chi connectivity index (χ0) is 44.3. The number of furan rings is 2. The molecule has 11 aromatic rings. The monoisotopic (exact) mass is 1030 g/mol. The van der Waals surface area contributed by atoms with Gasteiger partial charge >= 0.3 is 0 Å². The Morgan fingerprint density at radius 3 is 1.98 bits per heavy atom. The van der Waals surface area contributed by atoms with Crippen molar-refractivity contribution >= 4 is 54.9 Å². The standard InChI is InChI=1S/C44H35N2O2.C14H15N2.Ir/c1-25(2)35-23-29(28-14-7-6-8-15-28)24-36(26(3)4)40(35)46-39-27(5)13-11-19-37(39)45-44(46)34-18-12-17-31-33-22-21-32-30-16-9-10-20-38(30)47-42(32)43(33)48-41(31)34;1-14(2,3)12-9-10-15-13(16-12)11-7-5-4-6-8-11;/h6-17,19-26H,1-5H3;4-7,9-10H,1-3H3;/q2*-1;. The number of benzene rings is 7. The van der Waals surface area contributed by atoms with E-state index in [2.05, 4.69) is 167 Å². The average Bonchev–Trinajstić information content (AvgIpc) is 4.01. The molecule has 0 aliphatic carbocycles. The van der Waals surface area contributed by atoms with Crippen molar-refractivity contribution in [3.63, 3.8) is 0 Å². The van der Waals surface area contributed by atoms with Crippen LogP contribution in [0.1, 0.15) is 82.7 Å². The maximum absolute atomic E-state index is 6.85. The number of para-hydroxylation sites is 2. The van der Waals surface area contributed by atoms with Crippen molar-refractivity contribution in [2.24, 2.45) is 0 Å². The first-order valence-electron chi connectivity index (χ1n) is 22.2. The number of nitrogens with zero attached hydrogens (tertiary/aromatic N) is 4. The fraction of sp³-hybridized carbons (Fsp3) is 0.190. The van der Waals surface area contributed by atoms with Gasteiger partial charge in [0.2, 0.25) is 0 Å². The Balaban J connectivity index is 0.000000266. The Morgan fingerprint density at radius 2 is 1.28 bits per heavy atom. The van der Waals surface area contributed by atoms with Gasteiger partial charge < -0.3 is 13.4 Å². The van der Waals surface area contributed by atoms with Crippen molar-refractivity contribution in [2.75, 3.05) is 0 Å². The van der Waals surface area contributed by atoms with Gasteiger partial charge in [-0.05, 0) is 83.0 Å². The topological polar surface area (TPSA) is 69.9 Å². The summed E-state index contributed by atoms with van der Waals surface area (Å²) in [4.78, 5) is 14.2. The molecule has 11 rings (SSSR count). The first-order valence-corrected chi connectivity index (χ1v) is 22.2. The van der Waals surface area contributed by atoms with E-state index in [0.29, 0.717) is 0 Å². The van der Waals surface area contributed by atoms with Crippen LogP contribution in [0.5, 0.6) is 0 Å². The first kappa shape index (κ1) is 43.6. The van der Waals surface area contributed by atoms with Crippen LogP contribution in [0.15, 0.2) is 155 Å². The fourth-order valence-electron chi connectivity index (χ4n) is 8.88. The second kappa shape index (κ2) is 17.4. The predicted octanol–water partition coefficient (Wildman–Crippen LogP) is 15.8. The van der Waals surface area contributed by atoms with Crippen LogP contribution >= 0.6 is 0 Å². The molecule has 0 N–H and O–H groups in total. The molecule has 0 aliphatic heterocycles. The number of imidazole rings is 1. The Bertz CT molecular complexity index is 3470. The van der Waals surface area contributed by atoms with Crippen LogP contribution in [0.25, 0.3) is 94.5 Å². The molecular weight excluding hydrogens is 977 g/mol. The van der Waals surface area contributed by atoms with Gasteiger partial charge in [-0.1, -0.05) is 126 Å². The molecule has 0 fully saturated rings. The number of aromatic nitrogens is 4. The van der Waals surface area contributed by atoms with Gasteiger partial charge in [-0.2, -0.15) is 0 Å². The molecule has 4 aromatic heterocycles. The number of aryl methyl sites for hydroxylation is 1. The van der Waals surface area contributed by atoms with Crippen molar-refractivity contribution in [3.05, 3.63) is 180 Å². The predicted molar refractivity (Wildman–Crippen MR) is 263 cm³/mol. The second-order valence-electron chi connectivity index (χ2n) is 18.3. The zero-order valence-corrected chi connectivity index (χ0v) is 40.3. The summed E-state index contributed by atoms with van der Waals surface area (Å²) in [6.07, 6.45) is 1.81. The Morgan fingerprint density at radius 1 is 0.600 bits per heavy atom. The summed E-state index contributed by atoms with van der Waals surface area (Å²) in [5.41, 5.74) is 15.4. The van der Waals surface area contributed by atoms with E-state index in [1.165, 1.54) is 33.5 Å². The van der Waals surface area contributed by atoms with E-state index in [9.17, 15) is 0 Å². The van der Waals surface area contributed by atoms with Gasteiger partial charge in [0.25, 0.3) is 0 Å². The van der Waals surface area contributed by atoms with Crippen molar-refractivity contribution in [1.82, 2.24) is 19.5 Å². The van der Waals surface area contributed by atoms with Crippen LogP contribution in [0.2, 0.25) is 0 Å². The number of hydrogen-bond acceptors (Lipinski definition) is 5. The van der Waals surface area contributed by atoms with Gasteiger partial charge in [-0.3, -0.25) is 15.0 Å². The molecule has 0 spiro atoms. The van der Waals surface area contributed by atoms with E-state index < -0.39 is 0 Å². The summed E-state index contributed by atoms with van der Waals surface area (Å²) < 4.78 is 15.6. The van der Waals surface area contributed by atoms with E-state index in [-0.39, 0.29) is 37.4 Å². The molecule has 7 heteroatoms. The van der Waals surface area contributed by atoms with E-state index in [4.69, 9.17) is 13.8 Å². The van der Waals surface area contributed by atoms with E-state index >= 15 is 0 Å². The Hall–Kier alpha value is -6.66. The van der Waals surface area contributed by atoms with E-state index in [1.807, 2.05) is 60.8 Å². The van der Waals surface area contributed by atoms with Crippen LogP contribution in [0.3, 0.4) is 0 Å². The van der Waals surface area contributed by atoms with Crippen molar-refractivity contribution < 1.29 is 28.9 Å². The third-order valence-corrected chi connectivity index (χ3v) is 12.2. The van der Waals surface area contributed by atoms with Gasteiger partial charge in [0.05, 0.1) is 28.3 Å². The molecule has 65 heavy (non-hydrogen) atoms. The summed E-state index contributed by atoms with van der Waals surface area (Å²) in [5.74, 6) is 2.10. The van der Waals surface area contributed by atoms with Gasteiger partial charge in [0, 0.05) is 59.3 Å². The smallest absolute Gasteiger partial charge is 0.177 e. The Labute approximate surface area is 393 Å². The molecule has 0 bridgehead atoms. The van der Waals surface area contributed by atoms with Crippen LogP contribution in [-0.2, 0) is 25.5 Å². The normalized spacial score (nSPS) is 11.8. The van der Waals surface area contributed by atoms with Gasteiger partial charge in [0.15, 0.2) is 11.2 Å². The molecule has 7 aromatic carbocycles. The number of hydrogen-bond donors (Lipinski definition) is 0. The van der Waals surface area contributed by atoms with Crippen molar-refractivity contribution in [2.45, 2.75) is 72.6 Å². The van der Waals surface area contributed by atoms with Crippen molar-refractivity contribution in [1.29, 1.82) is 0 Å². The van der Waals surface area contributed by atoms with Gasteiger partial charge in [0.1, 0.15) is 5.58 Å². The number of rotatable bonds is 6. The van der Waals surface area contributed by atoms with E-state index in [0.717, 1.165) is 83.4 Å². The van der Waals surface area contributed by atoms with Crippen LogP contribution in [0.4, 0.5) is 0 Å². The number of fused-ring (bicyclic) bond motifs is 8. The second-order valence-corrected chi connectivity index (χ2v) is 18.3. The molecule has 0 amide bonds. The molecule has 4 heterocycles. The molecule has 325 valence electrons. The van der Waals surface area contributed by atoms with Gasteiger partial charge in [-0.25, -0.2) is 0 Å². The van der Waals surface area contributed by atoms with Crippen LogP contribution in [0, 0.1) is 19.1 Å². The summed E-state index contributed by atoms with van der Waals surface area (Å²) in [6.45, 7) is 17.8. The third kappa shape index (κ3) is 7.87. The third-order valence-electron chi connectivity index (χ3n) is 12.2. The summed E-state index contributed by atoms with van der Waals surface area (Å²) in [7, 11) is 0. The minimum Gasteiger partial charge on any atom is -0.497 e. The minimum absolute atomic E-state index is 0. The SMILES string of the molecule is CC(C)(C)c1ccnc(-c2[c-]cccc2)n1.Cc1cccc2nc(-c3[c-]ccc4c3oc3c4ccc4c5ccccc5oc43)n(-c3c(C(C)C)cc(-c4ccccc4)cc3C(C)C)c12.[Ir]. The maximum atomic E-state index is 6.85. The largest absolute Gasteiger partial charge is 0.497 e. The average molecular weight is 1030 g/mol. The fourth-order valence-corrected chi connectivity index (χ4v) is 8.88. The Kier molecular flexibility index (Phi) is 11.7. The molecular formula is C58H50IrN4O2-2.